The fraction of sp³-hybridized carbons (Fsp3) is 0.269. The summed E-state index contributed by atoms with van der Waals surface area (Å²) in [4.78, 5) is 2.09. The molecule has 0 aromatic heterocycles. The number of benzene rings is 3. The maximum Gasteiger partial charge on any atom is 0.243 e. The van der Waals surface area contributed by atoms with Crippen molar-refractivity contribution in [3.05, 3.63) is 83.7 Å². The van der Waals surface area contributed by atoms with Crippen molar-refractivity contribution >= 4 is 15.7 Å². The fourth-order valence-corrected chi connectivity index (χ4v) is 7.01. The minimum atomic E-state index is -3.87. The Kier molecular flexibility index (Phi) is 5.64. The molecule has 1 N–H and O–H groups in total. The molecule has 0 spiro atoms. The lowest BCUT2D eigenvalue weighted by Gasteiger charge is -2.44. The Morgan fingerprint density at radius 2 is 1.74 bits per heavy atom. The van der Waals surface area contributed by atoms with Crippen LogP contribution in [-0.2, 0) is 10.0 Å². The van der Waals surface area contributed by atoms with E-state index in [1.807, 2.05) is 42.3 Å². The normalized spacial score (nSPS) is 22.2. The van der Waals surface area contributed by atoms with Gasteiger partial charge in [-0.05, 0) is 71.6 Å². The first-order chi connectivity index (χ1) is 16.3. The zero-order valence-electron chi connectivity index (χ0n) is 18.6. The highest BCUT2D eigenvalue weighted by Crippen LogP contribution is 2.51. The van der Waals surface area contributed by atoms with Crippen molar-refractivity contribution in [1.29, 1.82) is 5.26 Å². The average molecular weight is 478 g/mol. The predicted molar refractivity (Wildman–Crippen MR) is 127 cm³/mol. The van der Waals surface area contributed by atoms with Gasteiger partial charge >= 0.3 is 0 Å². The third-order valence-corrected chi connectivity index (χ3v) is 8.97. The van der Waals surface area contributed by atoms with E-state index in [2.05, 4.69) is 6.07 Å². The van der Waals surface area contributed by atoms with Crippen molar-refractivity contribution in [3.63, 3.8) is 0 Å². The first-order valence-electron chi connectivity index (χ1n) is 11.1. The molecule has 1 fully saturated rings. The zero-order chi connectivity index (χ0) is 24.0. The van der Waals surface area contributed by atoms with Gasteiger partial charge in [0.2, 0.25) is 10.0 Å². The maximum atomic E-state index is 13.6. The zero-order valence-corrected chi connectivity index (χ0v) is 19.4. The molecule has 6 nitrogen and oxygen atoms in total. The minimum Gasteiger partial charge on any atom is -0.394 e. The van der Waals surface area contributed by atoms with Gasteiger partial charge in [0.05, 0.1) is 35.2 Å². The van der Waals surface area contributed by atoms with Crippen LogP contribution in [0.1, 0.15) is 23.6 Å². The van der Waals surface area contributed by atoms with Gasteiger partial charge < -0.3 is 10.0 Å². The second-order valence-corrected chi connectivity index (χ2v) is 10.7. The van der Waals surface area contributed by atoms with Gasteiger partial charge in [0.15, 0.2) is 0 Å². The Hall–Kier alpha value is -3.25. The molecule has 3 atom stereocenters. The summed E-state index contributed by atoms with van der Waals surface area (Å²) in [6, 6.07) is 19.6. The maximum absolute atomic E-state index is 13.6. The van der Waals surface area contributed by atoms with Crippen LogP contribution in [-0.4, -0.2) is 44.1 Å². The molecule has 2 aliphatic rings. The van der Waals surface area contributed by atoms with Crippen molar-refractivity contribution in [1.82, 2.24) is 4.31 Å². The molecule has 0 bridgehead atoms. The number of hydrogen-bond acceptors (Lipinski definition) is 5. The van der Waals surface area contributed by atoms with E-state index >= 15 is 0 Å². The predicted octanol–water partition coefficient (Wildman–Crippen LogP) is 3.93. The van der Waals surface area contributed by atoms with Crippen molar-refractivity contribution < 1.29 is 17.9 Å². The van der Waals surface area contributed by atoms with Crippen LogP contribution in [0.25, 0.3) is 11.1 Å². The smallest absolute Gasteiger partial charge is 0.243 e. The standard InChI is InChI=1S/C26H24FN3O3S/c1-29-24-11-6-19(18-4-2-17(15-28)3-5-18)14-23(24)26-22(25(29)16-31)12-13-30(26)34(32,33)21-9-7-20(27)8-10-21/h2-11,14,22,25-26,31H,12-13,16H2,1H3/t22-,25+,26-/m0/s1. The number of fused-ring (bicyclic) bond motifs is 3. The van der Waals surface area contributed by atoms with Crippen LogP contribution in [0.15, 0.2) is 71.6 Å². The number of likely N-dealkylation sites (N-methyl/N-ethyl adjacent to an activating group) is 1. The molecular weight excluding hydrogens is 453 g/mol. The molecule has 3 aromatic carbocycles. The van der Waals surface area contributed by atoms with Crippen LogP contribution in [0.4, 0.5) is 10.1 Å². The number of aliphatic hydroxyl groups excluding tert-OH is 1. The largest absolute Gasteiger partial charge is 0.394 e. The summed E-state index contributed by atoms with van der Waals surface area (Å²) in [5, 5.41) is 19.3. The summed E-state index contributed by atoms with van der Waals surface area (Å²) in [6.07, 6.45) is 0.612. The summed E-state index contributed by atoms with van der Waals surface area (Å²) >= 11 is 0. The van der Waals surface area contributed by atoms with Crippen LogP contribution >= 0.6 is 0 Å². The Morgan fingerprint density at radius 1 is 1.06 bits per heavy atom. The molecule has 0 saturated carbocycles. The van der Waals surface area contributed by atoms with Gasteiger partial charge in [-0.25, -0.2) is 12.8 Å². The van der Waals surface area contributed by atoms with Crippen LogP contribution in [0.2, 0.25) is 0 Å². The Morgan fingerprint density at radius 3 is 2.38 bits per heavy atom. The van der Waals surface area contributed by atoms with E-state index in [0.717, 1.165) is 34.5 Å². The average Bonchev–Trinajstić information content (AvgIpc) is 3.30. The molecule has 1 saturated heterocycles. The van der Waals surface area contributed by atoms with E-state index in [1.165, 1.54) is 16.4 Å². The topological polar surface area (TPSA) is 84.6 Å². The summed E-state index contributed by atoms with van der Waals surface area (Å²) in [6.45, 7) is 0.235. The van der Waals surface area contributed by atoms with Crippen molar-refractivity contribution in [2.45, 2.75) is 23.4 Å². The molecule has 0 radical (unpaired) electrons. The van der Waals surface area contributed by atoms with Crippen molar-refractivity contribution in [3.8, 4) is 17.2 Å². The number of anilines is 1. The Labute approximate surface area is 198 Å². The number of aliphatic hydroxyl groups is 1. The number of halogens is 1. The number of hydrogen-bond donors (Lipinski definition) is 1. The van der Waals surface area contributed by atoms with Crippen molar-refractivity contribution in [2.75, 3.05) is 25.1 Å². The van der Waals surface area contributed by atoms with E-state index < -0.39 is 21.9 Å². The third kappa shape index (κ3) is 3.57. The van der Waals surface area contributed by atoms with Crippen LogP contribution in [0, 0.1) is 23.1 Å². The summed E-state index contributed by atoms with van der Waals surface area (Å²) in [5.74, 6) is -0.579. The highest BCUT2D eigenvalue weighted by Gasteiger charge is 2.50. The SMILES string of the molecule is CN1c2ccc(-c3ccc(C#N)cc3)cc2[C@@H]2[C@@H](CCN2S(=O)(=O)c2ccc(F)cc2)[C@H]1CO. The van der Waals surface area contributed by atoms with E-state index in [9.17, 15) is 17.9 Å². The number of nitrogens with zero attached hydrogens (tertiary/aromatic N) is 3. The second-order valence-electron chi connectivity index (χ2n) is 8.79. The quantitative estimate of drug-likeness (QED) is 0.616. The van der Waals surface area contributed by atoms with Gasteiger partial charge in [-0.2, -0.15) is 9.57 Å². The first kappa shape index (κ1) is 22.5. The van der Waals surface area contributed by atoms with Gasteiger partial charge in [0.25, 0.3) is 0 Å². The van der Waals surface area contributed by atoms with Crippen molar-refractivity contribution in [2.24, 2.45) is 5.92 Å². The second kappa shape index (κ2) is 8.51. The molecule has 0 unspecified atom stereocenters. The lowest BCUT2D eigenvalue weighted by molar-refractivity contribution is 0.193. The first-order valence-corrected chi connectivity index (χ1v) is 12.5. The van der Waals surface area contributed by atoms with Crippen LogP contribution < -0.4 is 4.90 Å². The Balaban J connectivity index is 1.63. The minimum absolute atomic E-state index is 0.0545. The summed E-state index contributed by atoms with van der Waals surface area (Å²) in [7, 11) is -1.95. The lowest BCUT2D eigenvalue weighted by atomic mass is 9.81. The Bertz CT molecular complexity index is 1370. The molecular formula is C26H24FN3O3S. The number of rotatable bonds is 4. The number of sulfonamides is 1. The van der Waals surface area contributed by atoms with E-state index in [0.29, 0.717) is 18.5 Å². The van der Waals surface area contributed by atoms with Gasteiger partial charge in [-0.1, -0.05) is 18.2 Å². The molecule has 5 rings (SSSR count). The highest BCUT2D eigenvalue weighted by molar-refractivity contribution is 7.89. The monoisotopic (exact) mass is 477 g/mol. The lowest BCUT2D eigenvalue weighted by Crippen LogP contribution is -2.48. The molecule has 8 heteroatoms. The molecule has 3 aromatic rings. The van der Waals surface area contributed by atoms with E-state index in [-0.39, 0.29) is 23.5 Å². The molecule has 0 amide bonds. The van der Waals surface area contributed by atoms with Gasteiger partial charge in [0, 0.05) is 25.2 Å². The third-order valence-electron chi connectivity index (χ3n) is 7.07. The molecule has 2 aliphatic heterocycles. The van der Waals surface area contributed by atoms with Crippen LogP contribution in [0.5, 0.6) is 0 Å². The highest BCUT2D eigenvalue weighted by atomic mass is 32.2. The van der Waals surface area contributed by atoms with E-state index in [1.54, 1.807) is 12.1 Å². The van der Waals surface area contributed by atoms with Gasteiger partial charge in [-0.3, -0.25) is 0 Å². The summed E-state index contributed by atoms with van der Waals surface area (Å²) in [5.41, 5.74) is 4.17. The van der Waals surface area contributed by atoms with E-state index in [4.69, 9.17) is 5.26 Å². The molecule has 2 heterocycles. The summed E-state index contributed by atoms with van der Waals surface area (Å²) < 4.78 is 42.2. The molecule has 0 aliphatic carbocycles. The van der Waals surface area contributed by atoms with Crippen LogP contribution in [0.3, 0.4) is 0 Å². The number of nitriles is 1. The molecule has 174 valence electrons. The van der Waals surface area contributed by atoms with Gasteiger partial charge in [-0.15, -0.1) is 0 Å². The van der Waals surface area contributed by atoms with Gasteiger partial charge in [0.1, 0.15) is 5.82 Å². The molecule has 34 heavy (non-hydrogen) atoms. The fourth-order valence-electron chi connectivity index (χ4n) is 5.34.